The Balaban J connectivity index is 1.95. The Kier molecular flexibility index (Phi) is 2.93. The molecule has 0 radical (unpaired) electrons. The quantitative estimate of drug-likeness (QED) is 0.783. The summed E-state index contributed by atoms with van der Waals surface area (Å²) in [7, 11) is 0. The molecule has 0 amide bonds. The first-order valence-corrected chi connectivity index (χ1v) is 6.50. The van der Waals surface area contributed by atoms with E-state index in [9.17, 15) is 0 Å². The van der Waals surface area contributed by atoms with Gasteiger partial charge in [0.2, 0.25) is 0 Å². The van der Waals surface area contributed by atoms with Gasteiger partial charge in [0.15, 0.2) is 0 Å². The fourth-order valence-corrected chi connectivity index (χ4v) is 2.56. The van der Waals surface area contributed by atoms with Crippen molar-refractivity contribution >= 4 is 11.4 Å². The molecule has 2 aromatic rings. The van der Waals surface area contributed by atoms with Crippen molar-refractivity contribution in [3.8, 4) is 0 Å². The molecule has 2 atom stereocenters. The molecule has 0 unspecified atom stereocenters. The molecular formula is C16H18N2. The zero-order valence-corrected chi connectivity index (χ0v) is 10.6. The summed E-state index contributed by atoms with van der Waals surface area (Å²) in [5.41, 5.74) is 3.74. The van der Waals surface area contributed by atoms with Crippen molar-refractivity contribution < 1.29 is 0 Å². The van der Waals surface area contributed by atoms with Crippen LogP contribution in [-0.4, -0.2) is 6.04 Å². The second kappa shape index (κ2) is 4.73. The smallest absolute Gasteiger partial charge is 0.0580 e. The van der Waals surface area contributed by atoms with Crippen LogP contribution in [0.2, 0.25) is 0 Å². The second-order valence-corrected chi connectivity index (χ2v) is 4.93. The Morgan fingerprint density at radius 1 is 0.833 bits per heavy atom. The largest absolute Gasteiger partial charge is 0.381 e. The molecule has 0 fully saturated rings. The third-order valence-corrected chi connectivity index (χ3v) is 3.45. The Morgan fingerprint density at radius 2 is 1.44 bits per heavy atom. The van der Waals surface area contributed by atoms with Crippen molar-refractivity contribution in [1.29, 1.82) is 0 Å². The highest BCUT2D eigenvalue weighted by atomic mass is 15.0. The fourth-order valence-electron chi connectivity index (χ4n) is 2.56. The van der Waals surface area contributed by atoms with E-state index < -0.39 is 0 Å². The molecule has 2 nitrogen and oxygen atoms in total. The van der Waals surface area contributed by atoms with Crippen LogP contribution in [0.4, 0.5) is 11.4 Å². The summed E-state index contributed by atoms with van der Waals surface area (Å²) < 4.78 is 0. The average molecular weight is 238 g/mol. The maximum absolute atomic E-state index is 3.64. The number of nitrogens with one attached hydrogen (secondary N) is 2. The summed E-state index contributed by atoms with van der Waals surface area (Å²) >= 11 is 0. The molecule has 0 bridgehead atoms. The molecule has 0 spiro atoms. The van der Waals surface area contributed by atoms with Crippen LogP contribution in [0.1, 0.15) is 24.9 Å². The first kappa shape index (κ1) is 11.1. The molecule has 1 aliphatic heterocycles. The van der Waals surface area contributed by atoms with Gasteiger partial charge in [0.25, 0.3) is 0 Å². The van der Waals surface area contributed by atoms with E-state index in [1.54, 1.807) is 0 Å². The van der Waals surface area contributed by atoms with Gasteiger partial charge in [0.05, 0.1) is 17.4 Å². The van der Waals surface area contributed by atoms with Crippen molar-refractivity contribution in [1.82, 2.24) is 0 Å². The highest BCUT2D eigenvalue weighted by Crippen LogP contribution is 2.33. The molecule has 1 aliphatic rings. The number of para-hydroxylation sites is 2. The zero-order valence-electron chi connectivity index (χ0n) is 10.6. The predicted octanol–water partition coefficient (Wildman–Crippen LogP) is 4.04. The summed E-state index contributed by atoms with van der Waals surface area (Å²) in [5.74, 6) is 0. The lowest BCUT2D eigenvalue weighted by Gasteiger charge is -2.19. The van der Waals surface area contributed by atoms with Crippen molar-refractivity contribution in [2.75, 3.05) is 10.6 Å². The van der Waals surface area contributed by atoms with Gasteiger partial charge >= 0.3 is 0 Å². The van der Waals surface area contributed by atoms with Gasteiger partial charge in [-0.05, 0) is 31.0 Å². The Labute approximate surface area is 108 Å². The molecule has 18 heavy (non-hydrogen) atoms. The average Bonchev–Trinajstić information content (AvgIpc) is 2.57. The normalized spacial score (nSPS) is 22.3. The third-order valence-electron chi connectivity index (χ3n) is 3.45. The summed E-state index contributed by atoms with van der Waals surface area (Å²) in [6, 6.07) is 19.9. The van der Waals surface area contributed by atoms with Crippen molar-refractivity contribution in [3.63, 3.8) is 0 Å². The van der Waals surface area contributed by atoms with E-state index in [1.807, 2.05) is 0 Å². The van der Waals surface area contributed by atoms with Crippen molar-refractivity contribution in [2.24, 2.45) is 0 Å². The first-order chi connectivity index (χ1) is 8.83. The van der Waals surface area contributed by atoms with Gasteiger partial charge in [-0.1, -0.05) is 42.5 Å². The first-order valence-electron chi connectivity index (χ1n) is 6.50. The van der Waals surface area contributed by atoms with Crippen LogP contribution in [-0.2, 0) is 0 Å². The number of benzene rings is 2. The van der Waals surface area contributed by atoms with Crippen LogP contribution in [0.5, 0.6) is 0 Å². The van der Waals surface area contributed by atoms with E-state index in [2.05, 4.69) is 72.2 Å². The summed E-state index contributed by atoms with van der Waals surface area (Å²) in [5, 5.41) is 7.20. The van der Waals surface area contributed by atoms with Crippen LogP contribution in [0.3, 0.4) is 0 Å². The van der Waals surface area contributed by atoms with E-state index in [-0.39, 0.29) is 0 Å². The van der Waals surface area contributed by atoms with Gasteiger partial charge in [0, 0.05) is 6.04 Å². The lowest BCUT2D eigenvalue weighted by Crippen LogP contribution is -2.18. The fraction of sp³-hybridized carbons (Fsp3) is 0.250. The highest BCUT2D eigenvalue weighted by molar-refractivity contribution is 5.70. The van der Waals surface area contributed by atoms with Gasteiger partial charge in [-0.3, -0.25) is 0 Å². The van der Waals surface area contributed by atoms with E-state index in [1.165, 1.54) is 16.9 Å². The van der Waals surface area contributed by atoms with E-state index in [0.717, 1.165) is 6.42 Å². The van der Waals surface area contributed by atoms with Crippen LogP contribution >= 0.6 is 0 Å². The van der Waals surface area contributed by atoms with Gasteiger partial charge in [-0.25, -0.2) is 0 Å². The Bertz CT molecular complexity index is 522. The van der Waals surface area contributed by atoms with Gasteiger partial charge < -0.3 is 10.6 Å². The third kappa shape index (κ3) is 2.19. The van der Waals surface area contributed by atoms with Crippen LogP contribution in [0.15, 0.2) is 54.6 Å². The molecule has 2 heteroatoms. The lowest BCUT2D eigenvalue weighted by atomic mass is 10.0. The predicted molar refractivity (Wildman–Crippen MR) is 76.9 cm³/mol. The highest BCUT2D eigenvalue weighted by Gasteiger charge is 2.20. The number of hydrogen-bond acceptors (Lipinski definition) is 2. The maximum atomic E-state index is 3.64. The molecule has 92 valence electrons. The summed E-state index contributed by atoms with van der Waals surface area (Å²) in [6.07, 6.45) is 1.08. The zero-order chi connectivity index (χ0) is 12.4. The summed E-state index contributed by atoms with van der Waals surface area (Å²) in [6.45, 7) is 2.24. The van der Waals surface area contributed by atoms with E-state index in [4.69, 9.17) is 0 Å². The minimum absolute atomic E-state index is 0.373. The SMILES string of the molecule is C[C@@H]1C[C@@H](c2ccccc2)Nc2ccccc2N1. The number of rotatable bonds is 1. The molecule has 0 aromatic heterocycles. The molecule has 0 saturated carbocycles. The van der Waals surface area contributed by atoms with Crippen LogP contribution < -0.4 is 10.6 Å². The molecular weight excluding hydrogens is 220 g/mol. The van der Waals surface area contributed by atoms with Crippen LogP contribution in [0, 0.1) is 0 Å². The monoisotopic (exact) mass is 238 g/mol. The maximum Gasteiger partial charge on any atom is 0.0580 e. The van der Waals surface area contributed by atoms with Crippen molar-refractivity contribution in [2.45, 2.75) is 25.4 Å². The lowest BCUT2D eigenvalue weighted by molar-refractivity contribution is 0.633. The minimum atomic E-state index is 0.373. The standard InChI is InChI=1S/C16H18N2/c1-12-11-16(13-7-3-2-4-8-13)18-15-10-6-5-9-14(15)17-12/h2-10,12,16-18H,11H2,1H3/t12-,16+/m1/s1. The molecule has 0 aliphatic carbocycles. The number of fused-ring (bicyclic) bond motifs is 1. The molecule has 2 N–H and O–H groups in total. The van der Waals surface area contributed by atoms with Crippen LogP contribution in [0.25, 0.3) is 0 Å². The molecule has 0 saturated heterocycles. The van der Waals surface area contributed by atoms with Gasteiger partial charge in [-0.2, -0.15) is 0 Å². The number of anilines is 2. The topological polar surface area (TPSA) is 24.1 Å². The van der Waals surface area contributed by atoms with E-state index >= 15 is 0 Å². The van der Waals surface area contributed by atoms with Gasteiger partial charge in [0.1, 0.15) is 0 Å². The molecule has 3 rings (SSSR count). The minimum Gasteiger partial charge on any atom is -0.381 e. The molecule has 2 aromatic carbocycles. The Morgan fingerprint density at radius 3 is 2.17 bits per heavy atom. The van der Waals surface area contributed by atoms with Crippen molar-refractivity contribution in [3.05, 3.63) is 60.2 Å². The molecule has 1 heterocycles. The van der Waals surface area contributed by atoms with E-state index in [0.29, 0.717) is 12.1 Å². The number of hydrogen-bond donors (Lipinski definition) is 2. The van der Waals surface area contributed by atoms with Gasteiger partial charge in [-0.15, -0.1) is 0 Å². The summed E-state index contributed by atoms with van der Waals surface area (Å²) in [4.78, 5) is 0. The second-order valence-electron chi connectivity index (χ2n) is 4.93. The Hall–Kier alpha value is -1.96.